The van der Waals surface area contributed by atoms with Gasteiger partial charge in [-0.2, -0.15) is 0 Å². The Labute approximate surface area is 129 Å². The van der Waals surface area contributed by atoms with Crippen molar-refractivity contribution >= 4 is 6.09 Å². The Hall–Kier alpha value is -2.69. The normalized spacial score (nSPS) is 10.1. The van der Waals surface area contributed by atoms with Gasteiger partial charge in [-0.3, -0.25) is 0 Å². The van der Waals surface area contributed by atoms with Crippen LogP contribution in [0.5, 0.6) is 17.2 Å². The molecule has 1 N–H and O–H groups in total. The molecule has 1 amide bonds. The van der Waals surface area contributed by atoms with Gasteiger partial charge in [0.2, 0.25) is 0 Å². The summed E-state index contributed by atoms with van der Waals surface area (Å²) in [6, 6.07) is 15.1. The lowest BCUT2D eigenvalue weighted by Gasteiger charge is -2.16. The van der Waals surface area contributed by atoms with E-state index in [1.54, 1.807) is 0 Å². The molecule has 0 aromatic heterocycles. The third-order valence-electron chi connectivity index (χ3n) is 3.08. The van der Waals surface area contributed by atoms with Gasteiger partial charge in [0.25, 0.3) is 0 Å². The van der Waals surface area contributed by atoms with Crippen LogP contribution in [0, 0.1) is 6.92 Å². The van der Waals surface area contributed by atoms with Gasteiger partial charge in [0.05, 0.1) is 6.54 Å². The maximum atomic E-state index is 10.7. The maximum absolute atomic E-state index is 10.7. The molecule has 0 aliphatic rings. The lowest BCUT2D eigenvalue weighted by atomic mass is 10.2. The highest BCUT2D eigenvalue weighted by atomic mass is 16.5. The van der Waals surface area contributed by atoms with Crippen LogP contribution in [-0.2, 0) is 0 Å². The van der Waals surface area contributed by atoms with Gasteiger partial charge in [-0.05, 0) is 36.8 Å². The van der Waals surface area contributed by atoms with Crippen molar-refractivity contribution in [1.29, 1.82) is 0 Å². The van der Waals surface area contributed by atoms with Crippen LogP contribution in [-0.4, -0.2) is 36.3 Å². The lowest BCUT2D eigenvalue weighted by molar-refractivity contribution is 0.146. The maximum Gasteiger partial charge on any atom is 0.407 e. The van der Waals surface area contributed by atoms with Crippen LogP contribution in [0.4, 0.5) is 4.79 Å². The van der Waals surface area contributed by atoms with E-state index in [4.69, 9.17) is 14.6 Å². The summed E-state index contributed by atoms with van der Waals surface area (Å²) in [7, 11) is 1.50. The predicted octanol–water partition coefficient (Wildman–Crippen LogP) is 3.78. The molecule has 2 rings (SSSR count). The van der Waals surface area contributed by atoms with Crippen molar-refractivity contribution in [3.05, 3.63) is 54.1 Å². The monoisotopic (exact) mass is 301 g/mol. The Morgan fingerprint density at radius 2 is 1.86 bits per heavy atom. The summed E-state index contributed by atoms with van der Waals surface area (Å²) in [5, 5.41) is 8.82. The second kappa shape index (κ2) is 7.36. The molecule has 116 valence electrons. The van der Waals surface area contributed by atoms with Gasteiger partial charge >= 0.3 is 6.09 Å². The van der Waals surface area contributed by atoms with Crippen LogP contribution in [0.3, 0.4) is 0 Å². The zero-order valence-corrected chi connectivity index (χ0v) is 12.7. The number of hydrogen-bond donors (Lipinski definition) is 1. The van der Waals surface area contributed by atoms with Crippen molar-refractivity contribution in [2.24, 2.45) is 0 Å². The highest BCUT2D eigenvalue weighted by molar-refractivity contribution is 5.64. The SMILES string of the molecule is Cc1ccc(Oc2ccccc2)c(OCCN(C)C(=O)O)c1. The number of rotatable bonds is 6. The van der Waals surface area contributed by atoms with Crippen molar-refractivity contribution in [1.82, 2.24) is 4.90 Å². The largest absolute Gasteiger partial charge is 0.488 e. The minimum absolute atomic E-state index is 0.261. The molecule has 0 aliphatic heterocycles. The fraction of sp³-hybridized carbons (Fsp3) is 0.235. The van der Waals surface area contributed by atoms with E-state index in [2.05, 4.69) is 0 Å². The highest BCUT2D eigenvalue weighted by Crippen LogP contribution is 2.32. The van der Waals surface area contributed by atoms with Crippen molar-refractivity contribution in [3.8, 4) is 17.2 Å². The molecular formula is C17H19NO4. The molecule has 2 aromatic carbocycles. The number of ether oxygens (including phenoxy) is 2. The molecule has 2 aromatic rings. The first kappa shape index (κ1) is 15.7. The van der Waals surface area contributed by atoms with Crippen LogP contribution in [0.15, 0.2) is 48.5 Å². The molecule has 0 unspecified atom stereocenters. The molecule has 0 bridgehead atoms. The van der Waals surface area contributed by atoms with Crippen LogP contribution in [0.1, 0.15) is 5.56 Å². The van der Waals surface area contributed by atoms with E-state index in [1.165, 1.54) is 11.9 Å². The number of aryl methyl sites for hydroxylation is 1. The zero-order chi connectivity index (χ0) is 15.9. The molecule has 0 radical (unpaired) electrons. The van der Waals surface area contributed by atoms with Crippen LogP contribution in [0.25, 0.3) is 0 Å². The molecule has 0 heterocycles. The molecule has 5 nitrogen and oxygen atoms in total. The number of amides is 1. The van der Waals surface area contributed by atoms with E-state index < -0.39 is 6.09 Å². The van der Waals surface area contributed by atoms with Gasteiger partial charge in [-0.1, -0.05) is 24.3 Å². The molecule has 0 spiro atoms. The lowest BCUT2D eigenvalue weighted by Crippen LogP contribution is -2.29. The Morgan fingerprint density at radius 1 is 1.14 bits per heavy atom. The summed E-state index contributed by atoms with van der Waals surface area (Å²) in [5.74, 6) is 1.93. The minimum atomic E-state index is -0.978. The van der Waals surface area contributed by atoms with Gasteiger partial charge in [0, 0.05) is 7.05 Å². The standard InChI is InChI=1S/C17H19NO4/c1-13-8-9-15(22-14-6-4-3-5-7-14)16(12-13)21-11-10-18(2)17(19)20/h3-9,12H,10-11H2,1-2H3,(H,19,20). The van der Waals surface area contributed by atoms with Gasteiger partial charge in [0.1, 0.15) is 12.4 Å². The summed E-state index contributed by atoms with van der Waals surface area (Å²) < 4.78 is 11.5. The van der Waals surface area contributed by atoms with Crippen LogP contribution < -0.4 is 9.47 Å². The minimum Gasteiger partial charge on any atom is -0.488 e. The fourth-order valence-electron chi connectivity index (χ4n) is 1.82. The smallest absolute Gasteiger partial charge is 0.407 e. The molecule has 0 aliphatic carbocycles. The van der Waals surface area contributed by atoms with Crippen molar-refractivity contribution in [2.45, 2.75) is 6.92 Å². The van der Waals surface area contributed by atoms with Crippen molar-refractivity contribution in [3.63, 3.8) is 0 Å². The summed E-state index contributed by atoms with van der Waals surface area (Å²) in [6.45, 7) is 2.51. The van der Waals surface area contributed by atoms with E-state index in [9.17, 15) is 4.79 Å². The van der Waals surface area contributed by atoms with Gasteiger partial charge in [-0.25, -0.2) is 4.79 Å². The second-order valence-electron chi connectivity index (χ2n) is 4.92. The first-order valence-corrected chi connectivity index (χ1v) is 6.96. The Balaban J connectivity index is 2.06. The summed E-state index contributed by atoms with van der Waals surface area (Å²) in [4.78, 5) is 11.9. The molecule has 0 saturated carbocycles. The van der Waals surface area contributed by atoms with Crippen LogP contribution >= 0.6 is 0 Å². The number of carboxylic acid groups (broad SMARTS) is 1. The number of para-hydroxylation sites is 1. The summed E-state index contributed by atoms with van der Waals surface area (Å²) in [6.07, 6.45) is -0.978. The predicted molar refractivity (Wildman–Crippen MR) is 83.8 cm³/mol. The molecule has 5 heteroatoms. The average molecular weight is 301 g/mol. The van der Waals surface area contributed by atoms with Crippen molar-refractivity contribution < 1.29 is 19.4 Å². The van der Waals surface area contributed by atoms with Crippen LogP contribution in [0.2, 0.25) is 0 Å². The number of nitrogens with zero attached hydrogens (tertiary/aromatic N) is 1. The molecule has 0 saturated heterocycles. The second-order valence-corrected chi connectivity index (χ2v) is 4.92. The van der Waals surface area contributed by atoms with E-state index in [0.29, 0.717) is 11.5 Å². The molecular weight excluding hydrogens is 282 g/mol. The highest BCUT2D eigenvalue weighted by Gasteiger charge is 2.09. The Kier molecular flexibility index (Phi) is 5.25. The van der Waals surface area contributed by atoms with Gasteiger partial charge < -0.3 is 19.5 Å². The number of likely N-dealkylation sites (N-methyl/N-ethyl adjacent to an activating group) is 1. The topological polar surface area (TPSA) is 59.0 Å². The number of benzene rings is 2. The summed E-state index contributed by atoms with van der Waals surface area (Å²) in [5.41, 5.74) is 1.04. The van der Waals surface area contributed by atoms with E-state index in [0.717, 1.165) is 11.3 Å². The Morgan fingerprint density at radius 3 is 2.55 bits per heavy atom. The Bertz CT molecular complexity index is 628. The first-order valence-electron chi connectivity index (χ1n) is 6.96. The van der Waals surface area contributed by atoms with E-state index in [-0.39, 0.29) is 13.2 Å². The van der Waals surface area contributed by atoms with Crippen molar-refractivity contribution in [2.75, 3.05) is 20.2 Å². The number of hydrogen-bond acceptors (Lipinski definition) is 3. The molecule has 0 atom stereocenters. The third-order valence-corrected chi connectivity index (χ3v) is 3.08. The van der Waals surface area contributed by atoms with E-state index in [1.807, 2.05) is 55.5 Å². The third kappa shape index (κ3) is 4.41. The molecule has 0 fully saturated rings. The van der Waals surface area contributed by atoms with E-state index >= 15 is 0 Å². The molecule has 22 heavy (non-hydrogen) atoms. The van der Waals surface area contributed by atoms with Gasteiger partial charge in [0.15, 0.2) is 11.5 Å². The average Bonchev–Trinajstić information content (AvgIpc) is 2.50. The summed E-state index contributed by atoms with van der Waals surface area (Å²) >= 11 is 0. The quantitative estimate of drug-likeness (QED) is 0.882. The zero-order valence-electron chi connectivity index (χ0n) is 12.7. The first-order chi connectivity index (χ1) is 10.6. The van der Waals surface area contributed by atoms with Gasteiger partial charge in [-0.15, -0.1) is 0 Å². The fourth-order valence-corrected chi connectivity index (χ4v) is 1.82. The number of carbonyl (C=O) groups is 1.